The largest absolute Gasteiger partial charge is 0.457 e. The summed E-state index contributed by atoms with van der Waals surface area (Å²) in [6, 6.07) is 0. The summed E-state index contributed by atoms with van der Waals surface area (Å²) >= 11 is 0. The van der Waals surface area contributed by atoms with Crippen molar-refractivity contribution in [3.63, 3.8) is 0 Å². The Labute approximate surface area is 65.4 Å². The van der Waals surface area contributed by atoms with Crippen LogP contribution in [0.25, 0.3) is 0 Å². The molecule has 2 saturated heterocycles. The zero-order chi connectivity index (χ0) is 8.11. The van der Waals surface area contributed by atoms with E-state index in [1.165, 1.54) is 0 Å². The molecule has 0 atom stereocenters. The van der Waals surface area contributed by atoms with Crippen molar-refractivity contribution >= 4 is 5.97 Å². The standard InChI is InChI=1S/C8H12O3/c1-7-2-4-8(10,5-3-7)6(9)11-7/h10H,2-5H2,1H3. The molecule has 1 N–H and O–H groups in total. The molecule has 0 aromatic rings. The number of rotatable bonds is 0. The molecule has 3 nitrogen and oxygen atoms in total. The lowest BCUT2D eigenvalue weighted by molar-refractivity contribution is -0.215. The molecule has 62 valence electrons. The third-order valence-corrected chi connectivity index (χ3v) is 2.85. The molecule has 3 aliphatic rings. The Hall–Kier alpha value is -0.570. The number of fused-ring (bicyclic) bond motifs is 3. The summed E-state index contributed by atoms with van der Waals surface area (Å²) in [4.78, 5) is 11.1. The second-order valence-corrected chi connectivity index (χ2v) is 3.87. The molecule has 1 saturated carbocycles. The van der Waals surface area contributed by atoms with E-state index in [1.807, 2.05) is 6.92 Å². The first-order valence-electron chi connectivity index (χ1n) is 4.00. The van der Waals surface area contributed by atoms with Gasteiger partial charge in [0.05, 0.1) is 0 Å². The van der Waals surface area contributed by atoms with Gasteiger partial charge in [0.15, 0.2) is 5.60 Å². The molecule has 0 aromatic carbocycles. The third-order valence-electron chi connectivity index (χ3n) is 2.85. The lowest BCUT2D eigenvalue weighted by Gasteiger charge is -2.47. The van der Waals surface area contributed by atoms with Crippen LogP contribution in [0.1, 0.15) is 32.6 Å². The average molecular weight is 156 g/mol. The second kappa shape index (κ2) is 1.78. The van der Waals surface area contributed by atoms with Crippen LogP contribution in [0.2, 0.25) is 0 Å². The van der Waals surface area contributed by atoms with Crippen LogP contribution >= 0.6 is 0 Å². The fraction of sp³-hybridized carbons (Fsp3) is 0.875. The van der Waals surface area contributed by atoms with Gasteiger partial charge in [0.1, 0.15) is 5.60 Å². The van der Waals surface area contributed by atoms with Gasteiger partial charge in [0, 0.05) is 0 Å². The zero-order valence-electron chi connectivity index (χ0n) is 6.59. The normalized spacial score (nSPS) is 49.1. The summed E-state index contributed by atoms with van der Waals surface area (Å²) < 4.78 is 5.09. The minimum atomic E-state index is -1.14. The summed E-state index contributed by atoms with van der Waals surface area (Å²) in [6.07, 6.45) is 2.75. The number of aliphatic hydroxyl groups is 1. The van der Waals surface area contributed by atoms with Crippen molar-refractivity contribution in [2.75, 3.05) is 0 Å². The number of carbonyl (C=O) groups excluding carboxylic acids is 1. The predicted octanol–water partition coefficient (Wildman–Crippen LogP) is 0.607. The lowest BCUT2D eigenvalue weighted by atomic mass is 9.74. The lowest BCUT2D eigenvalue weighted by Crippen LogP contribution is -2.57. The molecule has 2 heterocycles. The molecule has 3 rings (SSSR count). The second-order valence-electron chi connectivity index (χ2n) is 3.87. The molecular formula is C8H12O3. The molecule has 2 aliphatic heterocycles. The van der Waals surface area contributed by atoms with Crippen molar-refractivity contribution < 1.29 is 14.6 Å². The summed E-state index contributed by atoms with van der Waals surface area (Å²) in [7, 11) is 0. The van der Waals surface area contributed by atoms with Crippen molar-refractivity contribution in [1.82, 2.24) is 0 Å². The molecule has 2 bridgehead atoms. The van der Waals surface area contributed by atoms with Crippen molar-refractivity contribution in [1.29, 1.82) is 0 Å². The summed E-state index contributed by atoms with van der Waals surface area (Å²) in [5.74, 6) is -0.419. The summed E-state index contributed by atoms with van der Waals surface area (Å²) in [6.45, 7) is 1.93. The minimum Gasteiger partial charge on any atom is -0.457 e. The van der Waals surface area contributed by atoms with Crippen LogP contribution in [0.15, 0.2) is 0 Å². The van der Waals surface area contributed by atoms with Crippen LogP contribution in [0.4, 0.5) is 0 Å². The molecule has 0 spiro atoms. The highest BCUT2D eigenvalue weighted by Gasteiger charge is 2.53. The highest BCUT2D eigenvalue weighted by molar-refractivity contribution is 5.81. The van der Waals surface area contributed by atoms with E-state index >= 15 is 0 Å². The van der Waals surface area contributed by atoms with Gasteiger partial charge < -0.3 is 9.84 Å². The van der Waals surface area contributed by atoms with Gasteiger partial charge in [-0.05, 0) is 32.6 Å². The van der Waals surface area contributed by atoms with Crippen LogP contribution in [0.3, 0.4) is 0 Å². The van der Waals surface area contributed by atoms with E-state index < -0.39 is 11.6 Å². The molecule has 0 aromatic heterocycles. The van der Waals surface area contributed by atoms with Crippen LogP contribution in [0.5, 0.6) is 0 Å². The SMILES string of the molecule is CC12CCC(O)(CC1)C(=O)O2. The highest BCUT2D eigenvalue weighted by atomic mass is 16.6. The zero-order valence-corrected chi connectivity index (χ0v) is 6.59. The molecular weight excluding hydrogens is 144 g/mol. The maximum atomic E-state index is 11.1. The van der Waals surface area contributed by atoms with Crippen molar-refractivity contribution in [2.45, 2.75) is 43.8 Å². The number of hydrogen-bond donors (Lipinski definition) is 1. The number of ether oxygens (including phenoxy) is 1. The van der Waals surface area contributed by atoms with Gasteiger partial charge in [-0.1, -0.05) is 0 Å². The van der Waals surface area contributed by atoms with Gasteiger partial charge in [-0.15, -0.1) is 0 Å². The molecule has 3 fully saturated rings. The van der Waals surface area contributed by atoms with Gasteiger partial charge in [-0.3, -0.25) is 0 Å². The van der Waals surface area contributed by atoms with Gasteiger partial charge in [0.2, 0.25) is 0 Å². The number of hydrogen-bond acceptors (Lipinski definition) is 3. The minimum absolute atomic E-state index is 0.276. The van der Waals surface area contributed by atoms with Gasteiger partial charge >= 0.3 is 5.97 Å². The average Bonchev–Trinajstić information content (AvgIpc) is 1.94. The fourth-order valence-corrected chi connectivity index (χ4v) is 1.82. The molecule has 1 aliphatic carbocycles. The van der Waals surface area contributed by atoms with Gasteiger partial charge in [-0.25, -0.2) is 4.79 Å². The Morgan fingerprint density at radius 2 is 1.91 bits per heavy atom. The first-order valence-corrected chi connectivity index (χ1v) is 4.00. The molecule has 3 heteroatoms. The van der Waals surface area contributed by atoms with E-state index in [0.29, 0.717) is 12.8 Å². The van der Waals surface area contributed by atoms with E-state index in [-0.39, 0.29) is 5.60 Å². The maximum Gasteiger partial charge on any atom is 0.338 e. The first-order chi connectivity index (χ1) is 5.04. The van der Waals surface area contributed by atoms with E-state index in [2.05, 4.69) is 0 Å². The quantitative estimate of drug-likeness (QED) is 0.522. The topological polar surface area (TPSA) is 46.5 Å². The Balaban J connectivity index is 2.29. The first kappa shape index (κ1) is 7.10. The Morgan fingerprint density at radius 1 is 1.36 bits per heavy atom. The van der Waals surface area contributed by atoms with Crippen LogP contribution in [0, 0.1) is 0 Å². The van der Waals surface area contributed by atoms with E-state index in [9.17, 15) is 9.90 Å². The Bertz CT molecular complexity index is 201. The van der Waals surface area contributed by atoms with Crippen LogP contribution < -0.4 is 0 Å². The number of esters is 1. The third kappa shape index (κ3) is 0.872. The van der Waals surface area contributed by atoms with Crippen molar-refractivity contribution in [3.8, 4) is 0 Å². The summed E-state index contributed by atoms with van der Waals surface area (Å²) in [5.41, 5.74) is -1.42. The fourth-order valence-electron chi connectivity index (χ4n) is 1.82. The van der Waals surface area contributed by atoms with Gasteiger partial charge in [0.25, 0.3) is 0 Å². The molecule has 0 amide bonds. The summed E-state index contributed by atoms with van der Waals surface area (Å²) in [5, 5.41) is 9.63. The monoisotopic (exact) mass is 156 g/mol. The number of carbonyl (C=O) groups is 1. The van der Waals surface area contributed by atoms with Crippen molar-refractivity contribution in [3.05, 3.63) is 0 Å². The maximum absolute atomic E-state index is 11.1. The molecule has 0 radical (unpaired) electrons. The van der Waals surface area contributed by atoms with Gasteiger partial charge in [-0.2, -0.15) is 0 Å². The van der Waals surface area contributed by atoms with E-state index in [0.717, 1.165) is 12.8 Å². The Morgan fingerprint density at radius 3 is 2.27 bits per heavy atom. The Kier molecular flexibility index (Phi) is 1.15. The highest BCUT2D eigenvalue weighted by Crippen LogP contribution is 2.43. The van der Waals surface area contributed by atoms with Crippen LogP contribution in [-0.4, -0.2) is 22.3 Å². The van der Waals surface area contributed by atoms with E-state index in [4.69, 9.17) is 4.74 Å². The predicted molar refractivity (Wildman–Crippen MR) is 37.9 cm³/mol. The van der Waals surface area contributed by atoms with E-state index in [1.54, 1.807) is 0 Å². The van der Waals surface area contributed by atoms with Crippen molar-refractivity contribution in [2.24, 2.45) is 0 Å². The molecule has 11 heavy (non-hydrogen) atoms. The smallest absolute Gasteiger partial charge is 0.338 e. The van der Waals surface area contributed by atoms with Crippen LogP contribution in [-0.2, 0) is 9.53 Å². The molecule has 0 unspecified atom stereocenters.